The molecule has 0 radical (unpaired) electrons. The molecule has 2 heteroatoms. The fraction of sp³-hybridized carbons (Fsp3) is 0.0769. The van der Waals surface area contributed by atoms with E-state index in [2.05, 4.69) is 18.2 Å². The van der Waals surface area contributed by atoms with Crippen LogP contribution in [0.3, 0.4) is 0 Å². The predicted octanol–water partition coefficient (Wildman–Crippen LogP) is 4.07. The summed E-state index contributed by atoms with van der Waals surface area (Å²) >= 11 is 1.66. The van der Waals surface area contributed by atoms with E-state index in [1.54, 1.807) is 11.3 Å². The van der Waals surface area contributed by atoms with Crippen LogP contribution < -0.4 is 0 Å². The highest BCUT2D eigenvalue weighted by Gasteiger charge is 2.09. The maximum atomic E-state index is 9.87. The van der Waals surface area contributed by atoms with Crippen LogP contribution in [-0.4, -0.2) is 5.11 Å². The molecule has 1 heterocycles. The van der Waals surface area contributed by atoms with Gasteiger partial charge in [0.1, 0.15) is 5.75 Å². The van der Waals surface area contributed by atoms with Crippen molar-refractivity contribution in [3.8, 4) is 5.75 Å². The van der Waals surface area contributed by atoms with Gasteiger partial charge < -0.3 is 5.11 Å². The second kappa shape index (κ2) is 2.97. The van der Waals surface area contributed by atoms with Gasteiger partial charge in [0.05, 0.1) is 0 Å². The standard InChI is InChI=1S/C13H10OS/c1-8-12(14)11-7-6-9-4-2-3-5-10(9)13(11)15-8/h2-7,14H,1H3. The van der Waals surface area contributed by atoms with Gasteiger partial charge in [-0.25, -0.2) is 0 Å². The van der Waals surface area contributed by atoms with Crippen molar-refractivity contribution >= 4 is 32.2 Å². The molecule has 0 atom stereocenters. The van der Waals surface area contributed by atoms with Crippen LogP contribution in [0.1, 0.15) is 4.88 Å². The van der Waals surface area contributed by atoms with Crippen LogP contribution >= 0.6 is 11.3 Å². The molecule has 1 aromatic heterocycles. The van der Waals surface area contributed by atoms with Crippen LogP contribution in [0.4, 0.5) is 0 Å². The van der Waals surface area contributed by atoms with Gasteiger partial charge in [-0.1, -0.05) is 30.3 Å². The molecule has 0 spiro atoms. The highest BCUT2D eigenvalue weighted by molar-refractivity contribution is 7.20. The van der Waals surface area contributed by atoms with Gasteiger partial charge in [-0.05, 0) is 23.8 Å². The zero-order chi connectivity index (χ0) is 10.4. The predicted molar refractivity (Wildman–Crippen MR) is 65.7 cm³/mol. The van der Waals surface area contributed by atoms with E-state index in [4.69, 9.17) is 0 Å². The second-order valence-electron chi connectivity index (χ2n) is 3.67. The molecule has 15 heavy (non-hydrogen) atoms. The van der Waals surface area contributed by atoms with Crippen molar-refractivity contribution in [3.05, 3.63) is 41.3 Å². The number of hydrogen-bond acceptors (Lipinski definition) is 2. The maximum Gasteiger partial charge on any atom is 0.137 e. The Bertz CT molecular complexity index is 652. The molecule has 1 N–H and O–H groups in total. The first-order valence-electron chi connectivity index (χ1n) is 4.87. The molecule has 0 unspecified atom stereocenters. The van der Waals surface area contributed by atoms with Crippen molar-refractivity contribution in [1.82, 2.24) is 0 Å². The number of rotatable bonds is 0. The van der Waals surface area contributed by atoms with Gasteiger partial charge >= 0.3 is 0 Å². The second-order valence-corrected chi connectivity index (χ2v) is 4.89. The summed E-state index contributed by atoms with van der Waals surface area (Å²) < 4.78 is 1.18. The molecule has 0 bridgehead atoms. The molecule has 1 nitrogen and oxygen atoms in total. The molecule has 0 aliphatic carbocycles. The summed E-state index contributed by atoms with van der Waals surface area (Å²) in [7, 11) is 0. The smallest absolute Gasteiger partial charge is 0.137 e. The van der Waals surface area contributed by atoms with E-state index in [0.29, 0.717) is 5.75 Å². The van der Waals surface area contributed by atoms with Crippen molar-refractivity contribution in [2.75, 3.05) is 0 Å². The van der Waals surface area contributed by atoms with E-state index in [0.717, 1.165) is 10.3 Å². The zero-order valence-electron chi connectivity index (χ0n) is 8.32. The largest absolute Gasteiger partial charge is 0.506 e. The number of fused-ring (bicyclic) bond motifs is 3. The van der Waals surface area contributed by atoms with Crippen LogP contribution in [0, 0.1) is 6.92 Å². The third-order valence-electron chi connectivity index (χ3n) is 2.72. The highest BCUT2D eigenvalue weighted by atomic mass is 32.1. The molecule has 0 fully saturated rings. The summed E-state index contributed by atoms with van der Waals surface area (Å²) in [4.78, 5) is 0.987. The minimum atomic E-state index is 0.431. The average Bonchev–Trinajstić information content (AvgIpc) is 2.56. The quantitative estimate of drug-likeness (QED) is 0.598. The third-order valence-corrected chi connectivity index (χ3v) is 3.87. The van der Waals surface area contributed by atoms with Crippen LogP contribution in [0.25, 0.3) is 20.9 Å². The van der Waals surface area contributed by atoms with E-state index >= 15 is 0 Å². The van der Waals surface area contributed by atoms with Crippen molar-refractivity contribution < 1.29 is 5.11 Å². The molecule has 3 aromatic rings. The summed E-state index contributed by atoms with van der Waals surface area (Å²) in [6, 6.07) is 12.3. The Morgan fingerprint density at radius 3 is 2.67 bits per heavy atom. The topological polar surface area (TPSA) is 20.2 Å². The van der Waals surface area contributed by atoms with Gasteiger partial charge in [0.25, 0.3) is 0 Å². The number of thiophene rings is 1. The van der Waals surface area contributed by atoms with Crippen molar-refractivity contribution in [2.45, 2.75) is 6.92 Å². The molecule has 0 saturated carbocycles. The first kappa shape index (κ1) is 8.74. The first-order valence-corrected chi connectivity index (χ1v) is 5.69. The lowest BCUT2D eigenvalue weighted by molar-refractivity contribution is 0.480. The molecule has 0 aliphatic rings. The minimum Gasteiger partial charge on any atom is -0.506 e. The Morgan fingerprint density at radius 1 is 1.00 bits per heavy atom. The van der Waals surface area contributed by atoms with E-state index in [1.165, 1.54) is 15.5 Å². The fourth-order valence-electron chi connectivity index (χ4n) is 1.93. The lowest BCUT2D eigenvalue weighted by atomic mass is 10.1. The number of aryl methyl sites for hydroxylation is 1. The molecule has 0 saturated heterocycles. The van der Waals surface area contributed by atoms with Crippen molar-refractivity contribution in [2.24, 2.45) is 0 Å². The Balaban J connectivity index is 2.60. The molecular weight excluding hydrogens is 204 g/mol. The number of aromatic hydroxyl groups is 1. The van der Waals surface area contributed by atoms with E-state index in [9.17, 15) is 5.11 Å². The fourth-order valence-corrected chi connectivity index (χ4v) is 3.01. The highest BCUT2D eigenvalue weighted by Crippen LogP contribution is 2.39. The normalized spacial score (nSPS) is 11.3. The van der Waals surface area contributed by atoms with Gasteiger partial charge in [-0.3, -0.25) is 0 Å². The Kier molecular flexibility index (Phi) is 1.73. The maximum absolute atomic E-state index is 9.87. The minimum absolute atomic E-state index is 0.431. The van der Waals surface area contributed by atoms with Crippen molar-refractivity contribution in [3.63, 3.8) is 0 Å². The van der Waals surface area contributed by atoms with Gasteiger partial charge in [0.2, 0.25) is 0 Å². The molecule has 2 aromatic carbocycles. The summed E-state index contributed by atoms with van der Waals surface area (Å²) in [6.07, 6.45) is 0. The zero-order valence-corrected chi connectivity index (χ0v) is 9.14. The molecule has 0 aliphatic heterocycles. The lowest BCUT2D eigenvalue weighted by Gasteiger charge is -1.98. The van der Waals surface area contributed by atoms with Gasteiger partial charge in [0, 0.05) is 15.0 Å². The van der Waals surface area contributed by atoms with Gasteiger partial charge in [-0.15, -0.1) is 11.3 Å². The van der Waals surface area contributed by atoms with Crippen LogP contribution in [-0.2, 0) is 0 Å². The monoisotopic (exact) mass is 214 g/mol. The Hall–Kier alpha value is -1.54. The number of benzene rings is 2. The SMILES string of the molecule is Cc1sc2c(ccc3ccccc32)c1O. The van der Waals surface area contributed by atoms with Crippen LogP contribution in [0.2, 0.25) is 0 Å². The Morgan fingerprint density at radius 2 is 1.80 bits per heavy atom. The van der Waals surface area contributed by atoms with Gasteiger partial charge in [-0.2, -0.15) is 0 Å². The molecule has 74 valence electrons. The number of hydrogen-bond donors (Lipinski definition) is 1. The lowest BCUT2D eigenvalue weighted by Crippen LogP contribution is -1.71. The average molecular weight is 214 g/mol. The van der Waals surface area contributed by atoms with Crippen LogP contribution in [0.15, 0.2) is 36.4 Å². The van der Waals surface area contributed by atoms with Crippen molar-refractivity contribution in [1.29, 1.82) is 0 Å². The summed E-state index contributed by atoms with van der Waals surface area (Å²) in [5, 5.41) is 13.3. The first-order chi connectivity index (χ1) is 7.27. The van der Waals surface area contributed by atoms with Gasteiger partial charge in [0.15, 0.2) is 0 Å². The summed E-state index contributed by atoms with van der Waals surface area (Å²) in [5.41, 5.74) is 0. The summed E-state index contributed by atoms with van der Waals surface area (Å²) in [6.45, 7) is 1.95. The Labute approximate surface area is 91.6 Å². The third kappa shape index (κ3) is 1.15. The summed E-state index contributed by atoms with van der Waals surface area (Å²) in [5.74, 6) is 0.431. The van der Waals surface area contributed by atoms with Crippen LogP contribution in [0.5, 0.6) is 5.75 Å². The molecular formula is C13H10OS. The molecule has 3 rings (SSSR count). The van der Waals surface area contributed by atoms with E-state index in [-0.39, 0.29) is 0 Å². The van der Waals surface area contributed by atoms with E-state index in [1.807, 2.05) is 25.1 Å². The molecule has 0 amide bonds. The van der Waals surface area contributed by atoms with E-state index < -0.39 is 0 Å².